The van der Waals surface area contributed by atoms with Crippen LogP contribution >= 0.6 is 11.6 Å². The molecule has 6 heteroatoms. The Kier molecular flexibility index (Phi) is 6.63. The molecule has 35 heavy (non-hydrogen) atoms. The van der Waals surface area contributed by atoms with Gasteiger partial charge in [0.05, 0.1) is 24.0 Å². The average molecular weight is 489 g/mol. The summed E-state index contributed by atoms with van der Waals surface area (Å²) < 4.78 is 4.94. The molecule has 1 N–H and O–H groups in total. The maximum absolute atomic E-state index is 13.4. The molecular formula is C29H29ClN2O3. The summed E-state index contributed by atoms with van der Waals surface area (Å²) in [5, 5.41) is 4.14. The molecule has 0 saturated carbocycles. The highest BCUT2D eigenvalue weighted by Gasteiger charge is 2.31. The van der Waals surface area contributed by atoms with Gasteiger partial charge in [-0.2, -0.15) is 0 Å². The number of hydrogen-bond donors (Lipinski definition) is 1. The molecule has 0 radical (unpaired) electrons. The summed E-state index contributed by atoms with van der Waals surface area (Å²) in [6.07, 6.45) is 3.13. The number of rotatable bonds is 4. The highest BCUT2D eigenvalue weighted by atomic mass is 35.5. The van der Waals surface area contributed by atoms with E-state index >= 15 is 0 Å². The van der Waals surface area contributed by atoms with Gasteiger partial charge in [-0.3, -0.25) is 9.69 Å². The fourth-order valence-electron chi connectivity index (χ4n) is 5.29. The molecule has 0 bridgehead atoms. The van der Waals surface area contributed by atoms with Crippen LogP contribution in [-0.2, 0) is 16.0 Å². The Labute approximate surface area is 211 Å². The fourth-order valence-corrected chi connectivity index (χ4v) is 5.53. The first-order chi connectivity index (χ1) is 17.0. The van der Waals surface area contributed by atoms with E-state index < -0.39 is 5.97 Å². The minimum absolute atomic E-state index is 0.0233. The molecule has 1 fully saturated rings. The molecule has 1 amide bonds. The van der Waals surface area contributed by atoms with Gasteiger partial charge < -0.3 is 10.1 Å². The molecule has 0 atom stereocenters. The Hall–Kier alpha value is -3.15. The van der Waals surface area contributed by atoms with E-state index in [4.69, 9.17) is 16.3 Å². The van der Waals surface area contributed by atoms with E-state index in [9.17, 15) is 9.59 Å². The van der Waals surface area contributed by atoms with Gasteiger partial charge in [-0.1, -0.05) is 41.9 Å². The number of carbonyl (C=O) groups excluding carboxylic acids is 2. The number of amides is 1. The number of nitrogens with zero attached hydrogens (tertiary/aromatic N) is 1. The zero-order valence-electron chi connectivity index (χ0n) is 20.1. The van der Waals surface area contributed by atoms with E-state index in [1.54, 1.807) is 17.0 Å². The van der Waals surface area contributed by atoms with E-state index in [0.717, 1.165) is 53.9 Å². The van der Waals surface area contributed by atoms with Crippen molar-refractivity contribution in [2.24, 2.45) is 0 Å². The molecule has 0 aromatic heterocycles. The highest BCUT2D eigenvalue weighted by Crippen LogP contribution is 2.45. The van der Waals surface area contributed by atoms with E-state index in [1.165, 1.54) is 12.7 Å². The lowest BCUT2D eigenvalue weighted by molar-refractivity contribution is -0.118. The lowest BCUT2D eigenvalue weighted by Crippen LogP contribution is -2.32. The van der Waals surface area contributed by atoms with Gasteiger partial charge >= 0.3 is 5.97 Å². The summed E-state index contributed by atoms with van der Waals surface area (Å²) in [6.45, 7) is 3.92. The quantitative estimate of drug-likeness (QED) is 0.445. The first kappa shape index (κ1) is 23.6. The Bertz CT molecular complexity index is 1300. The fraction of sp³-hybridized carbons (Fsp3) is 0.310. The van der Waals surface area contributed by atoms with Crippen LogP contribution in [0.4, 0.5) is 11.4 Å². The second-order valence-corrected chi connectivity index (χ2v) is 9.70. The van der Waals surface area contributed by atoms with Crippen LogP contribution in [-0.4, -0.2) is 32.1 Å². The molecule has 3 aromatic carbocycles. The zero-order chi connectivity index (χ0) is 24.5. The number of piperidine rings is 1. The standard InChI is InChI=1S/C29H29ClN2O3/c1-18-7-8-20(29(34)35-2)16-26(18)32-27-17-21(19-11-13-31-14-12-19)15-24(23(27)9-10-28(32)33)22-5-3-4-6-25(22)30/h3-8,15-17,19,31H,9-14H2,1-2H3. The van der Waals surface area contributed by atoms with E-state index in [1.807, 2.05) is 37.3 Å². The van der Waals surface area contributed by atoms with Crippen molar-refractivity contribution < 1.29 is 14.3 Å². The minimum Gasteiger partial charge on any atom is -0.465 e. The van der Waals surface area contributed by atoms with Crippen LogP contribution in [0.15, 0.2) is 54.6 Å². The molecule has 0 aliphatic carbocycles. The summed E-state index contributed by atoms with van der Waals surface area (Å²) in [6, 6.07) is 17.7. The van der Waals surface area contributed by atoms with Gasteiger partial charge in [0.1, 0.15) is 0 Å². The van der Waals surface area contributed by atoms with E-state index in [2.05, 4.69) is 17.4 Å². The van der Waals surface area contributed by atoms with Gasteiger partial charge in [-0.05, 0) is 91.7 Å². The van der Waals surface area contributed by atoms with Crippen LogP contribution in [0.5, 0.6) is 0 Å². The van der Waals surface area contributed by atoms with Crippen LogP contribution in [0.25, 0.3) is 11.1 Å². The van der Waals surface area contributed by atoms with Crippen molar-refractivity contribution >= 4 is 34.9 Å². The number of ether oxygens (including phenoxy) is 1. The molecule has 2 heterocycles. The van der Waals surface area contributed by atoms with Gasteiger partial charge in [0.25, 0.3) is 0 Å². The molecule has 2 aliphatic rings. The van der Waals surface area contributed by atoms with Crippen molar-refractivity contribution in [2.75, 3.05) is 25.1 Å². The summed E-state index contributed by atoms with van der Waals surface area (Å²) >= 11 is 6.68. The molecule has 5 rings (SSSR count). The predicted octanol–water partition coefficient (Wildman–Crippen LogP) is 6.18. The predicted molar refractivity (Wildman–Crippen MR) is 140 cm³/mol. The summed E-state index contributed by atoms with van der Waals surface area (Å²) in [7, 11) is 1.37. The highest BCUT2D eigenvalue weighted by molar-refractivity contribution is 6.33. The molecule has 3 aromatic rings. The average Bonchev–Trinajstić information content (AvgIpc) is 2.89. The van der Waals surface area contributed by atoms with Crippen LogP contribution in [0.1, 0.15) is 52.2 Å². The maximum Gasteiger partial charge on any atom is 0.337 e. The number of halogens is 1. The van der Waals surface area contributed by atoms with Gasteiger partial charge in [-0.15, -0.1) is 0 Å². The van der Waals surface area contributed by atoms with Crippen molar-refractivity contribution in [3.05, 3.63) is 81.9 Å². The van der Waals surface area contributed by atoms with Crippen molar-refractivity contribution in [3.8, 4) is 11.1 Å². The molecule has 1 saturated heterocycles. The Morgan fingerprint density at radius 3 is 2.51 bits per heavy atom. The van der Waals surface area contributed by atoms with Crippen LogP contribution in [0.2, 0.25) is 5.02 Å². The maximum atomic E-state index is 13.4. The number of aryl methyl sites for hydroxylation is 1. The number of benzene rings is 3. The summed E-state index contributed by atoms with van der Waals surface area (Å²) in [5.74, 6) is 0.00972. The number of nitrogens with one attached hydrogen (secondary N) is 1. The first-order valence-electron chi connectivity index (χ1n) is 12.1. The largest absolute Gasteiger partial charge is 0.465 e. The summed E-state index contributed by atoms with van der Waals surface area (Å²) in [4.78, 5) is 27.5. The van der Waals surface area contributed by atoms with Gasteiger partial charge in [0.15, 0.2) is 0 Å². The number of esters is 1. The number of anilines is 2. The van der Waals surface area contributed by atoms with Crippen molar-refractivity contribution in [1.82, 2.24) is 5.32 Å². The second-order valence-electron chi connectivity index (χ2n) is 9.29. The van der Waals surface area contributed by atoms with Crippen LogP contribution in [0, 0.1) is 6.92 Å². The molecule has 0 spiro atoms. The smallest absolute Gasteiger partial charge is 0.337 e. The molecule has 0 unspecified atom stereocenters. The summed E-state index contributed by atoms with van der Waals surface area (Å²) in [5.41, 5.74) is 7.35. The topological polar surface area (TPSA) is 58.6 Å². The van der Waals surface area contributed by atoms with Gasteiger partial charge in [-0.25, -0.2) is 4.79 Å². The Balaban J connectivity index is 1.73. The normalized spacial score (nSPS) is 16.2. The lowest BCUT2D eigenvalue weighted by Gasteiger charge is -2.34. The Morgan fingerprint density at radius 1 is 1.00 bits per heavy atom. The van der Waals surface area contributed by atoms with Crippen molar-refractivity contribution in [3.63, 3.8) is 0 Å². The number of fused-ring (bicyclic) bond motifs is 1. The third kappa shape index (κ3) is 4.46. The lowest BCUT2D eigenvalue weighted by atomic mass is 9.83. The molecule has 2 aliphatic heterocycles. The van der Waals surface area contributed by atoms with Gasteiger partial charge in [0.2, 0.25) is 5.91 Å². The third-order valence-corrected chi connectivity index (χ3v) is 7.50. The zero-order valence-corrected chi connectivity index (χ0v) is 20.8. The van der Waals surface area contributed by atoms with Crippen LogP contribution < -0.4 is 10.2 Å². The SMILES string of the molecule is COC(=O)c1ccc(C)c(N2C(=O)CCc3c(-c4ccccc4Cl)cc(C4CCNCC4)cc32)c1. The first-order valence-corrected chi connectivity index (χ1v) is 12.5. The van der Waals surface area contributed by atoms with Gasteiger partial charge in [0, 0.05) is 17.0 Å². The molecule has 180 valence electrons. The minimum atomic E-state index is -0.420. The molecular weight excluding hydrogens is 460 g/mol. The Morgan fingerprint density at radius 2 is 1.77 bits per heavy atom. The van der Waals surface area contributed by atoms with Crippen LogP contribution in [0.3, 0.4) is 0 Å². The third-order valence-electron chi connectivity index (χ3n) is 7.17. The number of methoxy groups -OCH3 is 1. The van der Waals surface area contributed by atoms with Crippen molar-refractivity contribution in [1.29, 1.82) is 0 Å². The van der Waals surface area contributed by atoms with E-state index in [-0.39, 0.29) is 5.91 Å². The van der Waals surface area contributed by atoms with Crippen molar-refractivity contribution in [2.45, 2.75) is 38.5 Å². The molecule has 5 nitrogen and oxygen atoms in total. The second kappa shape index (κ2) is 9.84. The number of hydrogen-bond acceptors (Lipinski definition) is 4. The monoisotopic (exact) mass is 488 g/mol. The van der Waals surface area contributed by atoms with E-state index in [0.29, 0.717) is 35.0 Å². The number of carbonyl (C=O) groups is 2.